The van der Waals surface area contributed by atoms with Gasteiger partial charge in [0.05, 0.1) is 10.7 Å². The predicted molar refractivity (Wildman–Crippen MR) is 86.9 cm³/mol. The minimum atomic E-state index is -0.557. The van der Waals surface area contributed by atoms with E-state index in [1.165, 1.54) is 23.5 Å². The molecule has 110 valence electrons. The maximum absolute atomic E-state index is 13.1. The second kappa shape index (κ2) is 6.25. The lowest BCUT2D eigenvalue weighted by Crippen LogP contribution is -2.11. The van der Waals surface area contributed by atoms with Crippen LogP contribution in [0, 0.1) is 5.82 Å². The zero-order chi connectivity index (χ0) is 15.5. The van der Waals surface area contributed by atoms with Crippen molar-refractivity contribution in [2.75, 3.05) is 5.32 Å². The fourth-order valence-corrected chi connectivity index (χ4v) is 2.77. The third kappa shape index (κ3) is 3.16. The van der Waals surface area contributed by atoms with Crippen LogP contribution in [0.4, 0.5) is 9.52 Å². The summed E-state index contributed by atoms with van der Waals surface area (Å²) >= 11 is 7.00. The lowest BCUT2D eigenvalue weighted by Gasteiger charge is -2.02. The van der Waals surface area contributed by atoms with Crippen molar-refractivity contribution in [2.45, 2.75) is 0 Å². The van der Waals surface area contributed by atoms with Gasteiger partial charge in [0.15, 0.2) is 5.13 Å². The second-order valence-electron chi connectivity index (χ2n) is 4.49. The minimum absolute atomic E-state index is 0.0863. The summed E-state index contributed by atoms with van der Waals surface area (Å²) in [6.07, 6.45) is 0. The van der Waals surface area contributed by atoms with E-state index < -0.39 is 5.82 Å². The van der Waals surface area contributed by atoms with Crippen molar-refractivity contribution in [2.24, 2.45) is 0 Å². The van der Waals surface area contributed by atoms with Crippen molar-refractivity contribution in [3.63, 3.8) is 0 Å². The van der Waals surface area contributed by atoms with Crippen molar-refractivity contribution >= 4 is 34.0 Å². The molecule has 0 spiro atoms. The number of halogens is 2. The summed E-state index contributed by atoms with van der Waals surface area (Å²) in [7, 11) is 0. The number of aromatic nitrogens is 1. The molecule has 0 atom stereocenters. The summed E-state index contributed by atoms with van der Waals surface area (Å²) in [4.78, 5) is 16.5. The molecule has 2 aromatic carbocycles. The van der Waals surface area contributed by atoms with E-state index in [4.69, 9.17) is 11.6 Å². The van der Waals surface area contributed by atoms with Gasteiger partial charge in [-0.1, -0.05) is 41.9 Å². The molecule has 6 heteroatoms. The van der Waals surface area contributed by atoms with Gasteiger partial charge in [-0.25, -0.2) is 9.37 Å². The van der Waals surface area contributed by atoms with E-state index >= 15 is 0 Å². The smallest absolute Gasteiger partial charge is 0.257 e. The van der Waals surface area contributed by atoms with E-state index in [1.807, 2.05) is 35.7 Å². The second-order valence-corrected chi connectivity index (χ2v) is 5.75. The van der Waals surface area contributed by atoms with Crippen LogP contribution in [0.3, 0.4) is 0 Å². The molecule has 0 radical (unpaired) electrons. The number of hydrogen-bond acceptors (Lipinski definition) is 3. The Labute approximate surface area is 135 Å². The van der Waals surface area contributed by atoms with Crippen LogP contribution in [0.25, 0.3) is 11.3 Å². The van der Waals surface area contributed by atoms with Crippen LogP contribution in [-0.4, -0.2) is 10.9 Å². The average molecular weight is 333 g/mol. The Kier molecular flexibility index (Phi) is 4.18. The van der Waals surface area contributed by atoms with E-state index in [0.717, 1.165) is 17.3 Å². The van der Waals surface area contributed by atoms with Gasteiger partial charge in [0.2, 0.25) is 0 Å². The number of hydrogen-bond donors (Lipinski definition) is 1. The van der Waals surface area contributed by atoms with Gasteiger partial charge in [0.1, 0.15) is 5.82 Å². The molecule has 0 aliphatic heterocycles. The van der Waals surface area contributed by atoms with E-state index in [0.29, 0.717) is 5.13 Å². The SMILES string of the molecule is O=C(Nc1nc(-c2ccccc2)cs1)c1ccc(F)c(Cl)c1. The van der Waals surface area contributed by atoms with Crippen LogP contribution >= 0.6 is 22.9 Å². The number of rotatable bonds is 3. The van der Waals surface area contributed by atoms with Crippen LogP contribution in [0.5, 0.6) is 0 Å². The Morgan fingerprint density at radius 2 is 1.95 bits per heavy atom. The van der Waals surface area contributed by atoms with Crippen LogP contribution in [-0.2, 0) is 0 Å². The zero-order valence-electron chi connectivity index (χ0n) is 11.2. The molecule has 0 bridgehead atoms. The van der Waals surface area contributed by atoms with Gasteiger partial charge in [-0.3, -0.25) is 10.1 Å². The van der Waals surface area contributed by atoms with Crippen LogP contribution < -0.4 is 5.32 Å². The number of anilines is 1. The van der Waals surface area contributed by atoms with Crippen molar-refractivity contribution in [1.82, 2.24) is 4.98 Å². The highest BCUT2D eigenvalue weighted by Gasteiger charge is 2.11. The lowest BCUT2D eigenvalue weighted by molar-refractivity contribution is 0.102. The molecule has 1 heterocycles. The number of amides is 1. The summed E-state index contributed by atoms with van der Waals surface area (Å²) in [5.74, 6) is -0.935. The van der Waals surface area contributed by atoms with Gasteiger partial charge in [0, 0.05) is 16.5 Å². The van der Waals surface area contributed by atoms with Crippen molar-refractivity contribution in [3.8, 4) is 11.3 Å². The van der Waals surface area contributed by atoms with Gasteiger partial charge in [-0.15, -0.1) is 11.3 Å². The normalized spacial score (nSPS) is 10.5. The Morgan fingerprint density at radius 1 is 1.18 bits per heavy atom. The third-order valence-electron chi connectivity index (χ3n) is 2.98. The van der Waals surface area contributed by atoms with E-state index in [2.05, 4.69) is 10.3 Å². The Bertz CT molecular complexity index is 820. The maximum Gasteiger partial charge on any atom is 0.257 e. The largest absolute Gasteiger partial charge is 0.298 e. The maximum atomic E-state index is 13.1. The first kappa shape index (κ1) is 14.7. The number of benzene rings is 2. The first-order valence-corrected chi connectivity index (χ1v) is 7.66. The Hall–Kier alpha value is -2.24. The minimum Gasteiger partial charge on any atom is -0.298 e. The molecule has 3 aromatic rings. The summed E-state index contributed by atoms with van der Waals surface area (Å²) in [6.45, 7) is 0. The fourth-order valence-electron chi connectivity index (χ4n) is 1.88. The summed E-state index contributed by atoms with van der Waals surface area (Å²) in [5.41, 5.74) is 2.05. The van der Waals surface area contributed by atoms with Gasteiger partial charge >= 0.3 is 0 Å². The molecule has 3 nitrogen and oxygen atoms in total. The summed E-state index contributed by atoms with van der Waals surface area (Å²) in [5, 5.41) is 4.94. The lowest BCUT2D eigenvalue weighted by atomic mass is 10.2. The molecule has 1 amide bonds. The van der Waals surface area contributed by atoms with Crippen molar-refractivity contribution in [1.29, 1.82) is 0 Å². The average Bonchev–Trinajstić information content (AvgIpc) is 2.99. The Morgan fingerprint density at radius 3 is 2.68 bits per heavy atom. The molecule has 3 rings (SSSR count). The standard InChI is InChI=1S/C16H10ClFN2OS/c17-12-8-11(6-7-13(12)18)15(21)20-16-19-14(9-22-16)10-4-2-1-3-5-10/h1-9H,(H,19,20,21). The highest BCUT2D eigenvalue weighted by molar-refractivity contribution is 7.14. The summed E-state index contributed by atoms with van der Waals surface area (Å²) < 4.78 is 13.1. The van der Waals surface area contributed by atoms with Gasteiger partial charge in [-0.05, 0) is 18.2 Å². The highest BCUT2D eigenvalue weighted by Crippen LogP contribution is 2.25. The van der Waals surface area contributed by atoms with Gasteiger partial charge in [0.25, 0.3) is 5.91 Å². The quantitative estimate of drug-likeness (QED) is 0.744. The van der Waals surface area contributed by atoms with E-state index in [9.17, 15) is 9.18 Å². The van der Waals surface area contributed by atoms with Crippen molar-refractivity contribution in [3.05, 3.63) is 70.3 Å². The first-order valence-electron chi connectivity index (χ1n) is 6.41. The molecule has 0 saturated carbocycles. The molecule has 0 aliphatic carbocycles. The molecule has 0 fully saturated rings. The number of thiazole rings is 1. The Balaban J connectivity index is 1.77. The molecule has 1 N–H and O–H groups in total. The monoisotopic (exact) mass is 332 g/mol. The first-order chi connectivity index (χ1) is 10.6. The number of nitrogens with zero attached hydrogens (tertiary/aromatic N) is 1. The zero-order valence-corrected chi connectivity index (χ0v) is 12.8. The molecular weight excluding hydrogens is 323 g/mol. The number of carbonyl (C=O) groups is 1. The van der Waals surface area contributed by atoms with Crippen LogP contribution in [0.1, 0.15) is 10.4 Å². The molecule has 0 aliphatic rings. The molecule has 0 saturated heterocycles. The molecule has 0 unspecified atom stereocenters. The number of nitrogens with one attached hydrogen (secondary N) is 1. The van der Waals surface area contributed by atoms with Gasteiger partial charge in [-0.2, -0.15) is 0 Å². The van der Waals surface area contributed by atoms with Crippen molar-refractivity contribution < 1.29 is 9.18 Å². The van der Waals surface area contributed by atoms with Crippen LogP contribution in [0.2, 0.25) is 5.02 Å². The summed E-state index contributed by atoms with van der Waals surface area (Å²) in [6, 6.07) is 13.5. The third-order valence-corrected chi connectivity index (χ3v) is 4.02. The predicted octanol–water partition coefficient (Wildman–Crippen LogP) is 4.85. The van der Waals surface area contributed by atoms with Gasteiger partial charge < -0.3 is 0 Å². The number of carbonyl (C=O) groups excluding carboxylic acids is 1. The molecule has 1 aromatic heterocycles. The van der Waals surface area contributed by atoms with E-state index in [1.54, 1.807) is 0 Å². The molecular formula is C16H10ClFN2OS. The highest BCUT2D eigenvalue weighted by atomic mass is 35.5. The van der Waals surface area contributed by atoms with E-state index in [-0.39, 0.29) is 16.5 Å². The fraction of sp³-hybridized carbons (Fsp3) is 0. The van der Waals surface area contributed by atoms with Crippen LogP contribution in [0.15, 0.2) is 53.9 Å². The topological polar surface area (TPSA) is 42.0 Å². The molecule has 22 heavy (non-hydrogen) atoms.